The molecule has 0 aliphatic rings. The van der Waals surface area contributed by atoms with E-state index in [1.54, 1.807) is 0 Å². The first-order chi connectivity index (χ1) is 16.4. The van der Waals surface area contributed by atoms with Gasteiger partial charge in [-0.25, -0.2) is 4.57 Å². The Hall–Kier alpha value is -1.57. The number of unbranched alkanes of at least 4 members (excludes halogenated alkanes) is 9. The van der Waals surface area contributed by atoms with Gasteiger partial charge in [-0.3, -0.25) is 4.52 Å². The smallest absolute Gasteiger partial charge is 0.379 e. The minimum absolute atomic E-state index is 0.113. The van der Waals surface area contributed by atoms with Crippen LogP contribution in [0.25, 0.3) is 0 Å². The number of rotatable bonds is 18. The van der Waals surface area contributed by atoms with Crippen LogP contribution in [0, 0.1) is 0 Å². The average molecular weight is 487 g/mol. The van der Waals surface area contributed by atoms with Crippen molar-refractivity contribution >= 4 is 7.60 Å². The second-order valence-corrected chi connectivity index (χ2v) is 12.1. The van der Waals surface area contributed by atoms with Gasteiger partial charge in [-0.15, -0.1) is 0 Å². The molecule has 0 aromatic heterocycles. The lowest BCUT2D eigenvalue weighted by atomic mass is 9.78. The van der Waals surface area contributed by atoms with Crippen molar-refractivity contribution in [2.75, 3.05) is 12.8 Å². The van der Waals surface area contributed by atoms with Gasteiger partial charge in [-0.2, -0.15) is 0 Å². The lowest BCUT2D eigenvalue weighted by Gasteiger charge is -2.26. The number of hydrogen-bond donors (Lipinski definition) is 0. The molecule has 0 N–H and O–H groups in total. The summed E-state index contributed by atoms with van der Waals surface area (Å²) in [7, 11) is -3.15. The second-order valence-electron chi connectivity index (χ2n) is 9.96. The molecule has 1 atom stereocenters. The second kappa shape index (κ2) is 15.4. The van der Waals surface area contributed by atoms with E-state index in [2.05, 4.69) is 64.1 Å². The molecule has 3 nitrogen and oxygen atoms in total. The summed E-state index contributed by atoms with van der Waals surface area (Å²) < 4.78 is 25.3. The molecule has 1 unspecified atom stereocenters. The van der Waals surface area contributed by atoms with Crippen LogP contribution < -0.4 is 4.52 Å². The highest BCUT2D eigenvalue weighted by Gasteiger charge is 2.27. The molecule has 34 heavy (non-hydrogen) atoms. The van der Waals surface area contributed by atoms with Crippen molar-refractivity contribution in [3.05, 3.63) is 65.7 Å². The van der Waals surface area contributed by atoms with Gasteiger partial charge in [0.05, 0.1) is 12.8 Å². The molecule has 0 radical (unpaired) electrons. The van der Waals surface area contributed by atoms with E-state index in [0.29, 0.717) is 18.5 Å². The van der Waals surface area contributed by atoms with E-state index in [-0.39, 0.29) is 5.41 Å². The molecule has 0 amide bonds. The van der Waals surface area contributed by atoms with Crippen LogP contribution in [0.4, 0.5) is 0 Å². The van der Waals surface area contributed by atoms with Crippen molar-refractivity contribution in [3.63, 3.8) is 0 Å². The van der Waals surface area contributed by atoms with Crippen LogP contribution in [-0.4, -0.2) is 12.8 Å². The summed E-state index contributed by atoms with van der Waals surface area (Å²) in [6.45, 7) is 9.31. The van der Waals surface area contributed by atoms with E-state index in [0.717, 1.165) is 25.7 Å². The van der Waals surface area contributed by atoms with Gasteiger partial charge in [0.15, 0.2) is 0 Å². The Morgan fingerprint density at radius 1 is 0.676 bits per heavy atom. The molecule has 2 aromatic carbocycles. The summed E-state index contributed by atoms with van der Waals surface area (Å²) in [5.41, 5.74) is 2.35. The summed E-state index contributed by atoms with van der Waals surface area (Å²) in [6.07, 6.45) is 13.6. The average Bonchev–Trinajstić information content (AvgIpc) is 2.85. The van der Waals surface area contributed by atoms with Gasteiger partial charge in [0.1, 0.15) is 5.75 Å². The fourth-order valence-corrected chi connectivity index (χ4v) is 6.05. The Labute approximate surface area is 209 Å². The van der Waals surface area contributed by atoms with Crippen LogP contribution in [-0.2, 0) is 14.5 Å². The molecule has 2 rings (SSSR count). The third kappa shape index (κ3) is 9.96. The van der Waals surface area contributed by atoms with Gasteiger partial charge in [0.2, 0.25) is 0 Å². The highest BCUT2D eigenvalue weighted by Crippen LogP contribution is 2.49. The summed E-state index contributed by atoms with van der Waals surface area (Å²) >= 11 is 0. The van der Waals surface area contributed by atoms with Crippen LogP contribution in [0.5, 0.6) is 5.75 Å². The fourth-order valence-electron chi connectivity index (χ4n) is 4.22. The fraction of sp³-hybridized carbons (Fsp3) is 0.600. The third-order valence-corrected chi connectivity index (χ3v) is 8.57. The lowest BCUT2D eigenvalue weighted by molar-refractivity contribution is 0.257. The molecular weight excluding hydrogens is 439 g/mol. The van der Waals surface area contributed by atoms with Crippen molar-refractivity contribution < 1.29 is 13.6 Å². The summed E-state index contributed by atoms with van der Waals surface area (Å²) in [5.74, 6) is 0.624. The Balaban J connectivity index is 1.85. The van der Waals surface area contributed by atoms with Crippen molar-refractivity contribution in [2.24, 2.45) is 0 Å². The zero-order valence-electron chi connectivity index (χ0n) is 22.1. The molecule has 2 aromatic rings. The van der Waals surface area contributed by atoms with Gasteiger partial charge in [0, 0.05) is 5.41 Å². The quantitative estimate of drug-likeness (QED) is 0.155. The molecule has 190 valence electrons. The maximum Gasteiger partial charge on any atom is 0.379 e. The van der Waals surface area contributed by atoms with Crippen LogP contribution in [0.3, 0.4) is 0 Å². The normalized spacial score (nSPS) is 13.5. The summed E-state index contributed by atoms with van der Waals surface area (Å²) in [4.78, 5) is 0. The number of benzene rings is 2. The highest BCUT2D eigenvalue weighted by molar-refractivity contribution is 7.54. The SMILES string of the molecule is CCCCCCCCCCCOP(=O)(CCCC)Oc1ccc(C(C)(C)c2ccccc2)cc1. The van der Waals surface area contributed by atoms with Crippen LogP contribution >= 0.6 is 7.60 Å². The minimum Gasteiger partial charge on any atom is -0.424 e. The maximum atomic E-state index is 13.4. The molecule has 0 spiro atoms. The zero-order valence-corrected chi connectivity index (χ0v) is 23.0. The first-order valence-electron chi connectivity index (χ1n) is 13.5. The molecule has 0 saturated heterocycles. The zero-order chi connectivity index (χ0) is 24.7. The standard InChI is InChI=1S/C30H47O3P/c1-5-7-9-10-11-12-13-14-18-25-32-34(31,26-8-6-2)33-29-23-21-28(22-24-29)30(3,4)27-19-16-15-17-20-27/h15-17,19-24H,5-14,18,25-26H2,1-4H3. The van der Waals surface area contributed by atoms with Crippen molar-refractivity contribution in [2.45, 2.75) is 104 Å². The maximum absolute atomic E-state index is 13.4. The van der Waals surface area contributed by atoms with E-state index in [4.69, 9.17) is 9.05 Å². The van der Waals surface area contributed by atoms with E-state index in [9.17, 15) is 4.57 Å². The van der Waals surface area contributed by atoms with Gasteiger partial charge >= 0.3 is 7.60 Å². The topological polar surface area (TPSA) is 35.5 Å². The molecule has 4 heteroatoms. The molecule has 0 aliphatic carbocycles. The monoisotopic (exact) mass is 486 g/mol. The van der Waals surface area contributed by atoms with Crippen LogP contribution in [0.2, 0.25) is 0 Å². The third-order valence-electron chi connectivity index (χ3n) is 6.64. The van der Waals surface area contributed by atoms with Crippen molar-refractivity contribution in [1.29, 1.82) is 0 Å². The van der Waals surface area contributed by atoms with Crippen LogP contribution in [0.15, 0.2) is 54.6 Å². The summed E-state index contributed by atoms with van der Waals surface area (Å²) in [5, 5.41) is 0. The Morgan fingerprint density at radius 3 is 1.79 bits per heavy atom. The largest absolute Gasteiger partial charge is 0.424 e. The Morgan fingerprint density at radius 2 is 1.21 bits per heavy atom. The molecular formula is C30H47O3P. The van der Waals surface area contributed by atoms with E-state index < -0.39 is 7.60 Å². The molecule has 0 saturated carbocycles. The predicted octanol–water partition coefficient (Wildman–Crippen LogP) is 9.93. The lowest BCUT2D eigenvalue weighted by Crippen LogP contribution is -2.18. The van der Waals surface area contributed by atoms with Crippen LogP contribution in [0.1, 0.15) is 109 Å². The van der Waals surface area contributed by atoms with Crippen molar-refractivity contribution in [3.8, 4) is 5.75 Å². The van der Waals surface area contributed by atoms with Gasteiger partial charge in [0.25, 0.3) is 0 Å². The van der Waals surface area contributed by atoms with E-state index >= 15 is 0 Å². The summed E-state index contributed by atoms with van der Waals surface area (Å²) in [6, 6.07) is 18.5. The van der Waals surface area contributed by atoms with E-state index in [1.165, 1.54) is 56.1 Å². The van der Waals surface area contributed by atoms with E-state index in [1.807, 2.05) is 18.2 Å². The Kier molecular flexibility index (Phi) is 13.0. The Bertz CT molecular complexity index is 830. The molecule has 0 aliphatic heterocycles. The molecule has 0 bridgehead atoms. The van der Waals surface area contributed by atoms with Gasteiger partial charge in [-0.1, -0.05) is 128 Å². The first-order valence-corrected chi connectivity index (χ1v) is 15.2. The molecule has 0 heterocycles. The van der Waals surface area contributed by atoms with Crippen molar-refractivity contribution in [1.82, 2.24) is 0 Å². The number of hydrogen-bond acceptors (Lipinski definition) is 3. The predicted molar refractivity (Wildman–Crippen MR) is 146 cm³/mol. The van der Waals surface area contributed by atoms with Gasteiger partial charge < -0.3 is 4.52 Å². The molecule has 0 fully saturated rings. The highest BCUT2D eigenvalue weighted by atomic mass is 31.2. The first kappa shape index (κ1) is 28.7. The minimum atomic E-state index is -3.15. The van der Waals surface area contributed by atoms with Gasteiger partial charge in [-0.05, 0) is 36.1 Å².